The minimum atomic E-state index is -3.54. The van der Waals surface area contributed by atoms with Gasteiger partial charge in [-0.15, -0.1) is 11.3 Å². The van der Waals surface area contributed by atoms with Crippen LogP contribution >= 0.6 is 11.3 Å². The first-order chi connectivity index (χ1) is 9.05. The molecule has 1 heterocycles. The van der Waals surface area contributed by atoms with E-state index in [4.69, 9.17) is 5.26 Å². The van der Waals surface area contributed by atoms with Crippen LogP contribution in [0.5, 0.6) is 0 Å². The zero-order chi connectivity index (χ0) is 13.9. The zero-order valence-electron chi connectivity index (χ0n) is 10.3. The predicted octanol–water partition coefficient (Wildman–Crippen LogP) is 2.98. The molecule has 1 N–H and O–H groups in total. The number of rotatable bonds is 4. The molecule has 0 saturated heterocycles. The number of aryl methyl sites for hydroxylation is 1. The van der Waals surface area contributed by atoms with Crippen molar-refractivity contribution in [2.45, 2.75) is 17.6 Å². The molecule has 0 radical (unpaired) electrons. The van der Waals surface area contributed by atoms with Crippen molar-refractivity contribution in [2.24, 2.45) is 0 Å². The molecule has 0 atom stereocenters. The molecule has 0 aliphatic rings. The molecule has 0 spiro atoms. The van der Waals surface area contributed by atoms with Crippen LogP contribution in [0.3, 0.4) is 0 Å². The van der Waals surface area contributed by atoms with Crippen molar-refractivity contribution in [3.05, 3.63) is 46.8 Å². The fourth-order valence-electron chi connectivity index (χ4n) is 1.51. The minimum absolute atomic E-state index is 0.300. The summed E-state index contributed by atoms with van der Waals surface area (Å²) in [6.07, 6.45) is 0.817. The first-order valence-electron chi connectivity index (χ1n) is 5.67. The molecule has 0 amide bonds. The van der Waals surface area contributed by atoms with E-state index in [1.54, 1.807) is 30.3 Å². The largest absolute Gasteiger partial charge is 0.279 e. The molecule has 0 unspecified atom stereocenters. The van der Waals surface area contributed by atoms with Gasteiger partial charge in [0.2, 0.25) is 0 Å². The lowest BCUT2D eigenvalue weighted by molar-refractivity contribution is 0.603. The van der Waals surface area contributed by atoms with Gasteiger partial charge in [0.15, 0.2) is 0 Å². The lowest BCUT2D eigenvalue weighted by atomic mass is 10.2. The topological polar surface area (TPSA) is 70.0 Å². The fraction of sp³-hybridized carbons (Fsp3) is 0.154. The van der Waals surface area contributed by atoms with E-state index >= 15 is 0 Å². The Bertz CT molecular complexity index is 710. The summed E-state index contributed by atoms with van der Waals surface area (Å²) < 4.78 is 27.0. The molecule has 0 aliphatic carbocycles. The number of nitrogens with zero attached hydrogens (tertiary/aromatic N) is 1. The highest BCUT2D eigenvalue weighted by atomic mass is 32.2. The number of sulfonamides is 1. The Morgan fingerprint density at radius 3 is 2.42 bits per heavy atom. The Morgan fingerprint density at radius 1 is 1.21 bits per heavy atom. The second-order valence-corrected chi connectivity index (χ2v) is 6.95. The van der Waals surface area contributed by atoms with Crippen LogP contribution in [0, 0.1) is 11.3 Å². The highest BCUT2D eigenvalue weighted by molar-refractivity contribution is 7.94. The Labute approximate surface area is 116 Å². The van der Waals surface area contributed by atoms with Crippen LogP contribution in [-0.2, 0) is 16.4 Å². The van der Waals surface area contributed by atoms with E-state index in [0.717, 1.165) is 11.3 Å². The molecular weight excluding hydrogens is 280 g/mol. The van der Waals surface area contributed by atoms with E-state index in [0.29, 0.717) is 15.5 Å². The van der Waals surface area contributed by atoms with Crippen molar-refractivity contribution >= 4 is 27.0 Å². The van der Waals surface area contributed by atoms with Gasteiger partial charge in [-0.05, 0) is 42.8 Å². The van der Waals surface area contributed by atoms with Gasteiger partial charge < -0.3 is 0 Å². The number of nitrogens with one attached hydrogen (secondary N) is 1. The minimum Gasteiger partial charge on any atom is -0.279 e. The highest BCUT2D eigenvalue weighted by Gasteiger charge is 2.16. The van der Waals surface area contributed by atoms with Crippen LogP contribution in [-0.4, -0.2) is 8.42 Å². The molecule has 0 bridgehead atoms. The number of benzene rings is 1. The molecule has 4 nitrogen and oxygen atoms in total. The van der Waals surface area contributed by atoms with Gasteiger partial charge in [0, 0.05) is 10.6 Å². The van der Waals surface area contributed by atoms with Crippen molar-refractivity contribution in [1.29, 1.82) is 5.26 Å². The SMILES string of the molecule is CCc1ccc(S(=O)(=O)Nc2ccc(C#N)cc2)s1. The van der Waals surface area contributed by atoms with Gasteiger partial charge in [-0.1, -0.05) is 6.92 Å². The van der Waals surface area contributed by atoms with E-state index in [-0.39, 0.29) is 0 Å². The monoisotopic (exact) mass is 292 g/mol. The van der Waals surface area contributed by atoms with Crippen LogP contribution < -0.4 is 4.72 Å². The quantitative estimate of drug-likeness (QED) is 0.941. The van der Waals surface area contributed by atoms with Crippen molar-refractivity contribution in [2.75, 3.05) is 4.72 Å². The number of anilines is 1. The van der Waals surface area contributed by atoms with Crippen molar-refractivity contribution in [1.82, 2.24) is 0 Å². The molecule has 1 aromatic carbocycles. The first kappa shape index (κ1) is 13.6. The van der Waals surface area contributed by atoms with Crippen LogP contribution in [0.25, 0.3) is 0 Å². The third kappa shape index (κ3) is 3.13. The fourth-order valence-corrected chi connectivity index (χ4v) is 3.86. The van der Waals surface area contributed by atoms with Gasteiger partial charge in [0.1, 0.15) is 4.21 Å². The summed E-state index contributed by atoms with van der Waals surface area (Å²) in [6, 6.07) is 11.7. The van der Waals surface area contributed by atoms with E-state index in [2.05, 4.69) is 4.72 Å². The summed E-state index contributed by atoms with van der Waals surface area (Å²) in [5.41, 5.74) is 0.942. The molecule has 0 saturated carbocycles. The highest BCUT2D eigenvalue weighted by Crippen LogP contribution is 2.24. The van der Waals surface area contributed by atoms with Crippen LogP contribution in [0.2, 0.25) is 0 Å². The van der Waals surface area contributed by atoms with Crippen molar-refractivity contribution < 1.29 is 8.42 Å². The maximum absolute atomic E-state index is 12.1. The second-order valence-electron chi connectivity index (χ2n) is 3.87. The molecular formula is C13H12N2O2S2. The molecule has 2 aromatic rings. The zero-order valence-corrected chi connectivity index (χ0v) is 11.9. The predicted molar refractivity (Wildman–Crippen MR) is 75.7 cm³/mol. The van der Waals surface area contributed by atoms with Gasteiger partial charge in [0.05, 0.1) is 11.6 Å². The summed E-state index contributed by atoms with van der Waals surface area (Å²) in [6.45, 7) is 1.98. The summed E-state index contributed by atoms with van der Waals surface area (Å²) in [4.78, 5) is 1.03. The van der Waals surface area contributed by atoms with Crippen LogP contribution in [0.15, 0.2) is 40.6 Å². The van der Waals surface area contributed by atoms with Gasteiger partial charge in [-0.3, -0.25) is 4.72 Å². The lowest BCUT2D eigenvalue weighted by Crippen LogP contribution is -2.11. The summed E-state index contributed by atoms with van der Waals surface area (Å²) >= 11 is 1.26. The molecule has 6 heteroatoms. The van der Waals surface area contributed by atoms with Gasteiger partial charge in [-0.2, -0.15) is 5.26 Å². The summed E-state index contributed by atoms with van der Waals surface area (Å²) in [5, 5.41) is 8.68. The smallest absolute Gasteiger partial charge is 0.271 e. The Balaban J connectivity index is 2.23. The molecule has 0 aliphatic heterocycles. The average Bonchev–Trinajstić information content (AvgIpc) is 2.89. The molecule has 19 heavy (non-hydrogen) atoms. The maximum atomic E-state index is 12.1. The third-order valence-corrected chi connectivity index (χ3v) is 5.62. The van der Waals surface area contributed by atoms with Crippen molar-refractivity contribution in [3.8, 4) is 6.07 Å². The first-order valence-corrected chi connectivity index (χ1v) is 7.97. The van der Waals surface area contributed by atoms with Gasteiger partial charge in [0.25, 0.3) is 10.0 Å². The standard InChI is InChI=1S/C13H12N2O2S2/c1-2-12-7-8-13(18-12)19(16,17)15-11-5-3-10(9-14)4-6-11/h3-8,15H,2H2,1H3. The van der Waals surface area contributed by atoms with E-state index in [1.807, 2.05) is 19.1 Å². The molecule has 2 rings (SSSR count). The number of thiophene rings is 1. The van der Waals surface area contributed by atoms with E-state index in [1.165, 1.54) is 11.3 Å². The normalized spacial score (nSPS) is 10.9. The third-order valence-electron chi connectivity index (χ3n) is 2.52. The van der Waals surface area contributed by atoms with Crippen molar-refractivity contribution in [3.63, 3.8) is 0 Å². The van der Waals surface area contributed by atoms with Gasteiger partial charge in [-0.25, -0.2) is 8.42 Å². The maximum Gasteiger partial charge on any atom is 0.271 e. The Hall–Kier alpha value is -1.84. The average molecular weight is 292 g/mol. The molecule has 0 fully saturated rings. The Kier molecular flexibility index (Phi) is 3.88. The van der Waals surface area contributed by atoms with E-state index < -0.39 is 10.0 Å². The molecule has 1 aromatic heterocycles. The van der Waals surface area contributed by atoms with Crippen LogP contribution in [0.4, 0.5) is 5.69 Å². The van der Waals surface area contributed by atoms with Gasteiger partial charge >= 0.3 is 0 Å². The Morgan fingerprint density at radius 2 is 1.89 bits per heavy atom. The number of hydrogen-bond donors (Lipinski definition) is 1. The van der Waals surface area contributed by atoms with Crippen LogP contribution in [0.1, 0.15) is 17.4 Å². The molecule has 98 valence electrons. The van der Waals surface area contributed by atoms with E-state index in [9.17, 15) is 8.42 Å². The second kappa shape index (κ2) is 5.43. The number of hydrogen-bond acceptors (Lipinski definition) is 4. The summed E-state index contributed by atoms with van der Waals surface area (Å²) in [7, 11) is -3.54. The summed E-state index contributed by atoms with van der Waals surface area (Å²) in [5.74, 6) is 0. The number of nitriles is 1. The lowest BCUT2D eigenvalue weighted by Gasteiger charge is -2.05.